The van der Waals surface area contributed by atoms with Crippen molar-refractivity contribution in [1.82, 2.24) is 5.32 Å². The van der Waals surface area contributed by atoms with Crippen molar-refractivity contribution in [2.45, 2.75) is 26.7 Å². The molecule has 0 aliphatic rings. The highest BCUT2D eigenvalue weighted by atomic mass is 32.2. The Kier molecular flexibility index (Phi) is 6.42. The number of aryl methyl sites for hydroxylation is 2. The van der Waals surface area contributed by atoms with Gasteiger partial charge in [-0.3, -0.25) is 9.10 Å². The van der Waals surface area contributed by atoms with Crippen LogP contribution >= 0.6 is 0 Å². The maximum atomic E-state index is 12.4. The molecule has 1 unspecified atom stereocenters. The summed E-state index contributed by atoms with van der Waals surface area (Å²) in [4.78, 5) is 12.4. The Morgan fingerprint density at radius 1 is 1.04 bits per heavy atom. The van der Waals surface area contributed by atoms with Crippen molar-refractivity contribution < 1.29 is 13.2 Å². The molecule has 1 atom stereocenters. The molecule has 0 saturated carbocycles. The number of hydrogen-bond donors (Lipinski definition) is 1. The lowest BCUT2D eigenvalue weighted by molar-refractivity contribution is -0.119. The molecular weight excluding hydrogens is 348 g/mol. The molecule has 1 N–H and O–H groups in total. The molecule has 2 rings (SSSR count). The SMILES string of the molecule is Cc1cccc(C)c1N(CC(=O)NCC(C)c1ccccc1)S(C)(=O)=O. The predicted octanol–water partition coefficient (Wildman–Crippen LogP) is 2.99. The van der Waals surface area contributed by atoms with Gasteiger partial charge in [-0.1, -0.05) is 55.5 Å². The minimum absolute atomic E-state index is 0.145. The average Bonchev–Trinajstić information content (AvgIpc) is 2.58. The van der Waals surface area contributed by atoms with Crippen LogP contribution in [0.1, 0.15) is 29.5 Å². The van der Waals surface area contributed by atoms with E-state index < -0.39 is 10.0 Å². The number of rotatable bonds is 7. The predicted molar refractivity (Wildman–Crippen MR) is 106 cm³/mol. The highest BCUT2D eigenvalue weighted by molar-refractivity contribution is 7.92. The summed E-state index contributed by atoms with van der Waals surface area (Å²) in [5.74, 6) is -0.173. The molecule has 0 aliphatic heterocycles. The first-order valence-electron chi connectivity index (χ1n) is 8.55. The Labute approximate surface area is 156 Å². The normalized spacial score (nSPS) is 12.5. The van der Waals surface area contributed by atoms with Crippen molar-refractivity contribution in [2.75, 3.05) is 23.7 Å². The number of benzene rings is 2. The molecule has 5 nitrogen and oxygen atoms in total. The summed E-state index contributed by atoms with van der Waals surface area (Å²) in [6, 6.07) is 15.4. The minimum atomic E-state index is -3.58. The lowest BCUT2D eigenvalue weighted by atomic mass is 10.0. The van der Waals surface area contributed by atoms with Gasteiger partial charge in [-0.15, -0.1) is 0 Å². The van der Waals surface area contributed by atoms with Crippen molar-refractivity contribution in [3.05, 3.63) is 65.2 Å². The summed E-state index contributed by atoms with van der Waals surface area (Å²) < 4.78 is 25.7. The lowest BCUT2D eigenvalue weighted by Gasteiger charge is -2.25. The van der Waals surface area contributed by atoms with Gasteiger partial charge in [-0.05, 0) is 36.5 Å². The van der Waals surface area contributed by atoms with E-state index in [-0.39, 0.29) is 18.4 Å². The number of nitrogens with one attached hydrogen (secondary N) is 1. The Bertz CT molecular complexity index is 844. The van der Waals surface area contributed by atoms with Crippen LogP contribution in [0.15, 0.2) is 48.5 Å². The number of nitrogens with zero attached hydrogens (tertiary/aromatic N) is 1. The van der Waals surface area contributed by atoms with Gasteiger partial charge in [0.15, 0.2) is 0 Å². The van der Waals surface area contributed by atoms with Gasteiger partial charge in [0, 0.05) is 6.54 Å². The number of hydrogen-bond acceptors (Lipinski definition) is 3. The van der Waals surface area contributed by atoms with Crippen LogP contribution in [-0.4, -0.2) is 33.7 Å². The zero-order valence-electron chi connectivity index (χ0n) is 15.7. The first kappa shape index (κ1) is 20.0. The van der Waals surface area contributed by atoms with Crippen molar-refractivity contribution in [2.24, 2.45) is 0 Å². The van der Waals surface area contributed by atoms with Gasteiger partial charge in [-0.25, -0.2) is 8.42 Å². The van der Waals surface area contributed by atoms with Gasteiger partial charge in [0.25, 0.3) is 0 Å². The van der Waals surface area contributed by atoms with Crippen molar-refractivity contribution in [3.8, 4) is 0 Å². The van der Waals surface area contributed by atoms with Gasteiger partial charge in [0.1, 0.15) is 6.54 Å². The van der Waals surface area contributed by atoms with Crippen LogP contribution in [-0.2, 0) is 14.8 Å². The second-order valence-electron chi connectivity index (χ2n) is 6.63. The van der Waals surface area contributed by atoms with Crippen LogP contribution in [0.4, 0.5) is 5.69 Å². The number of sulfonamides is 1. The van der Waals surface area contributed by atoms with Gasteiger partial charge in [0.05, 0.1) is 11.9 Å². The fourth-order valence-corrected chi connectivity index (χ4v) is 3.89. The topological polar surface area (TPSA) is 66.5 Å². The molecule has 0 saturated heterocycles. The van der Waals surface area contributed by atoms with Crippen LogP contribution in [0.2, 0.25) is 0 Å². The monoisotopic (exact) mass is 374 g/mol. The number of para-hydroxylation sites is 1. The molecule has 0 spiro atoms. The maximum absolute atomic E-state index is 12.4. The average molecular weight is 375 g/mol. The fourth-order valence-electron chi connectivity index (χ4n) is 2.91. The van der Waals surface area contributed by atoms with Gasteiger partial charge in [-0.2, -0.15) is 0 Å². The van der Waals surface area contributed by atoms with E-state index in [9.17, 15) is 13.2 Å². The van der Waals surface area contributed by atoms with E-state index in [1.165, 1.54) is 4.31 Å². The Morgan fingerprint density at radius 2 is 1.62 bits per heavy atom. The Hall–Kier alpha value is -2.34. The van der Waals surface area contributed by atoms with Gasteiger partial charge >= 0.3 is 0 Å². The van der Waals surface area contributed by atoms with Gasteiger partial charge in [0.2, 0.25) is 15.9 Å². The minimum Gasteiger partial charge on any atom is -0.354 e. The molecule has 6 heteroatoms. The van der Waals surface area contributed by atoms with Crippen molar-refractivity contribution in [1.29, 1.82) is 0 Å². The summed E-state index contributed by atoms with van der Waals surface area (Å²) in [7, 11) is -3.58. The second-order valence-corrected chi connectivity index (χ2v) is 8.53. The number of anilines is 1. The van der Waals surface area contributed by atoms with E-state index in [2.05, 4.69) is 5.32 Å². The van der Waals surface area contributed by atoms with Crippen molar-refractivity contribution >= 4 is 21.6 Å². The number of amides is 1. The summed E-state index contributed by atoms with van der Waals surface area (Å²) in [6.07, 6.45) is 1.12. The molecule has 0 bridgehead atoms. The quantitative estimate of drug-likeness (QED) is 0.810. The highest BCUT2D eigenvalue weighted by Gasteiger charge is 2.24. The summed E-state index contributed by atoms with van der Waals surface area (Å²) in [5, 5.41) is 2.85. The third-order valence-electron chi connectivity index (χ3n) is 4.35. The Morgan fingerprint density at radius 3 is 2.15 bits per heavy atom. The van der Waals surface area contributed by atoms with Crippen LogP contribution in [0, 0.1) is 13.8 Å². The van der Waals surface area contributed by atoms with Crippen molar-refractivity contribution in [3.63, 3.8) is 0 Å². The molecule has 0 radical (unpaired) electrons. The summed E-state index contributed by atoms with van der Waals surface area (Å²) >= 11 is 0. The standard InChI is InChI=1S/C20H26N2O3S/c1-15-9-8-10-16(2)20(15)22(26(4,24)25)14-19(23)21-13-17(3)18-11-6-5-7-12-18/h5-12,17H,13-14H2,1-4H3,(H,21,23). The molecule has 1 amide bonds. The first-order valence-corrected chi connectivity index (χ1v) is 10.4. The fraction of sp³-hybridized carbons (Fsp3) is 0.350. The number of carbonyl (C=O) groups is 1. The van der Waals surface area contributed by atoms with E-state index in [1.54, 1.807) is 0 Å². The molecule has 2 aromatic carbocycles. The van der Waals surface area contributed by atoms with E-state index in [0.29, 0.717) is 12.2 Å². The molecule has 0 heterocycles. The molecular formula is C20H26N2O3S. The zero-order valence-corrected chi connectivity index (χ0v) is 16.5. The van der Waals surface area contributed by atoms with E-state index in [4.69, 9.17) is 0 Å². The summed E-state index contributed by atoms with van der Waals surface area (Å²) in [5.41, 5.74) is 3.34. The van der Waals surface area contributed by atoms with E-state index in [1.807, 2.05) is 69.3 Å². The number of carbonyl (C=O) groups excluding carboxylic acids is 1. The Balaban J connectivity index is 2.11. The largest absolute Gasteiger partial charge is 0.354 e. The van der Waals surface area contributed by atoms with Crippen LogP contribution in [0.25, 0.3) is 0 Å². The zero-order chi connectivity index (χ0) is 19.3. The molecule has 0 fully saturated rings. The molecule has 2 aromatic rings. The van der Waals surface area contributed by atoms with Gasteiger partial charge < -0.3 is 5.32 Å². The molecule has 140 valence electrons. The highest BCUT2D eigenvalue weighted by Crippen LogP contribution is 2.26. The lowest BCUT2D eigenvalue weighted by Crippen LogP contribution is -2.41. The third-order valence-corrected chi connectivity index (χ3v) is 5.46. The van der Waals surface area contributed by atoms with E-state index in [0.717, 1.165) is 22.9 Å². The third kappa shape index (κ3) is 5.08. The maximum Gasteiger partial charge on any atom is 0.240 e. The molecule has 0 aromatic heterocycles. The van der Waals surface area contributed by atoms with E-state index >= 15 is 0 Å². The summed E-state index contributed by atoms with van der Waals surface area (Å²) in [6.45, 7) is 5.93. The van der Waals surface area contributed by atoms with Crippen LogP contribution in [0.5, 0.6) is 0 Å². The molecule has 26 heavy (non-hydrogen) atoms. The molecule has 0 aliphatic carbocycles. The second kappa shape index (κ2) is 8.36. The smallest absolute Gasteiger partial charge is 0.240 e. The van der Waals surface area contributed by atoms with Crippen LogP contribution in [0.3, 0.4) is 0 Å². The first-order chi connectivity index (χ1) is 12.2. The van der Waals surface area contributed by atoms with Crippen LogP contribution < -0.4 is 9.62 Å².